The number of hydrogen-bond acceptors (Lipinski definition) is 3. The van der Waals surface area contributed by atoms with E-state index in [1.54, 1.807) is 24.3 Å². The monoisotopic (exact) mass is 433 g/mol. The second-order valence-corrected chi connectivity index (χ2v) is 8.52. The van der Waals surface area contributed by atoms with E-state index in [9.17, 15) is 13.6 Å². The molecule has 3 atom stereocenters. The second kappa shape index (κ2) is 9.48. The van der Waals surface area contributed by atoms with Crippen molar-refractivity contribution in [3.8, 4) is 11.8 Å². The van der Waals surface area contributed by atoms with Gasteiger partial charge in [0.25, 0.3) is 0 Å². The standard InChI is InChI=1S/C27H25F2NO2/c1-2-3-17-4-12-23(25(28)14-17)18-5-7-19(8-6-18)27(31)32-22-11-13-24-20(15-22)9-10-21(16-30)26(24)29/h5-11,13,15,17,23,25H,2-4,12,14H2,1H3. The minimum Gasteiger partial charge on any atom is -0.423 e. The average molecular weight is 433 g/mol. The molecule has 0 bridgehead atoms. The van der Waals surface area contributed by atoms with Crippen LogP contribution in [0, 0.1) is 23.1 Å². The van der Waals surface area contributed by atoms with Crippen LogP contribution in [0.15, 0.2) is 54.6 Å². The fourth-order valence-corrected chi connectivity index (χ4v) is 4.69. The number of nitrogens with zero attached hydrogens (tertiary/aromatic N) is 1. The molecular formula is C27H25F2NO2. The van der Waals surface area contributed by atoms with E-state index in [2.05, 4.69) is 6.92 Å². The highest BCUT2D eigenvalue weighted by atomic mass is 19.1. The Morgan fingerprint density at radius 1 is 1.12 bits per heavy atom. The number of ether oxygens (including phenoxy) is 1. The van der Waals surface area contributed by atoms with Crippen molar-refractivity contribution in [1.82, 2.24) is 0 Å². The maximum absolute atomic E-state index is 14.7. The lowest BCUT2D eigenvalue weighted by Crippen LogP contribution is -2.24. The quantitative estimate of drug-likeness (QED) is 0.319. The summed E-state index contributed by atoms with van der Waals surface area (Å²) in [6, 6.07) is 16.3. The molecule has 1 saturated carbocycles. The molecule has 1 aliphatic carbocycles. The predicted octanol–water partition coefficient (Wildman–Crippen LogP) is 7.09. The molecule has 3 aromatic rings. The minimum atomic E-state index is -0.849. The van der Waals surface area contributed by atoms with Crippen LogP contribution in [-0.2, 0) is 0 Å². The van der Waals surface area contributed by atoms with Crippen LogP contribution in [0.5, 0.6) is 5.75 Å². The third-order valence-corrected chi connectivity index (χ3v) is 6.41. The van der Waals surface area contributed by atoms with Crippen molar-refractivity contribution in [2.45, 2.75) is 51.1 Å². The van der Waals surface area contributed by atoms with Crippen LogP contribution < -0.4 is 4.74 Å². The number of carbonyl (C=O) groups is 1. The van der Waals surface area contributed by atoms with E-state index in [0.29, 0.717) is 28.7 Å². The van der Waals surface area contributed by atoms with E-state index in [-0.39, 0.29) is 17.2 Å². The fourth-order valence-electron chi connectivity index (χ4n) is 4.69. The first-order valence-corrected chi connectivity index (χ1v) is 11.1. The lowest BCUT2D eigenvalue weighted by Gasteiger charge is -2.32. The molecule has 0 radical (unpaired) electrons. The molecule has 3 aromatic carbocycles. The van der Waals surface area contributed by atoms with E-state index in [0.717, 1.165) is 31.2 Å². The summed E-state index contributed by atoms with van der Waals surface area (Å²) >= 11 is 0. The third-order valence-electron chi connectivity index (χ3n) is 6.41. The van der Waals surface area contributed by atoms with Crippen LogP contribution in [0.4, 0.5) is 8.78 Å². The van der Waals surface area contributed by atoms with Crippen molar-refractivity contribution >= 4 is 16.7 Å². The van der Waals surface area contributed by atoms with Gasteiger partial charge in [-0.05, 0) is 72.5 Å². The van der Waals surface area contributed by atoms with Crippen LogP contribution in [0.25, 0.3) is 10.8 Å². The summed E-state index contributed by atoms with van der Waals surface area (Å²) in [5, 5.41) is 9.78. The molecule has 32 heavy (non-hydrogen) atoms. The summed E-state index contributed by atoms with van der Waals surface area (Å²) in [7, 11) is 0. The summed E-state index contributed by atoms with van der Waals surface area (Å²) in [6.07, 6.45) is 3.81. The Bertz CT molecular complexity index is 1170. The zero-order valence-electron chi connectivity index (χ0n) is 18.0. The maximum atomic E-state index is 14.7. The molecule has 0 saturated heterocycles. The number of benzene rings is 3. The van der Waals surface area contributed by atoms with Crippen LogP contribution >= 0.6 is 0 Å². The Labute approximate surface area is 186 Å². The van der Waals surface area contributed by atoms with E-state index in [1.807, 2.05) is 18.2 Å². The van der Waals surface area contributed by atoms with E-state index >= 15 is 0 Å². The topological polar surface area (TPSA) is 50.1 Å². The second-order valence-electron chi connectivity index (χ2n) is 8.52. The number of hydrogen-bond donors (Lipinski definition) is 0. The van der Waals surface area contributed by atoms with Gasteiger partial charge in [0.15, 0.2) is 0 Å². The van der Waals surface area contributed by atoms with Crippen molar-refractivity contribution < 1.29 is 18.3 Å². The first-order chi connectivity index (χ1) is 15.5. The van der Waals surface area contributed by atoms with Gasteiger partial charge in [0.2, 0.25) is 0 Å². The Morgan fingerprint density at radius 2 is 1.91 bits per heavy atom. The normalized spacial score (nSPS) is 20.6. The number of fused-ring (bicyclic) bond motifs is 1. The Hall–Kier alpha value is -3.26. The van der Waals surface area contributed by atoms with Crippen LogP contribution in [0.3, 0.4) is 0 Å². The van der Waals surface area contributed by atoms with Gasteiger partial charge in [-0.3, -0.25) is 0 Å². The van der Waals surface area contributed by atoms with Gasteiger partial charge in [-0.2, -0.15) is 5.26 Å². The number of esters is 1. The number of nitriles is 1. The van der Waals surface area contributed by atoms with Gasteiger partial charge in [0.1, 0.15) is 23.8 Å². The molecule has 3 unspecified atom stereocenters. The molecule has 0 amide bonds. The molecule has 0 spiro atoms. The van der Waals surface area contributed by atoms with Crippen molar-refractivity contribution in [3.63, 3.8) is 0 Å². The molecule has 1 aliphatic rings. The lowest BCUT2D eigenvalue weighted by molar-refractivity contribution is 0.0735. The molecule has 5 heteroatoms. The Morgan fingerprint density at radius 3 is 2.59 bits per heavy atom. The molecule has 4 rings (SSSR count). The molecule has 3 nitrogen and oxygen atoms in total. The van der Waals surface area contributed by atoms with E-state index < -0.39 is 18.0 Å². The number of carbonyl (C=O) groups excluding carboxylic acids is 1. The van der Waals surface area contributed by atoms with Gasteiger partial charge < -0.3 is 4.74 Å². The summed E-state index contributed by atoms with van der Waals surface area (Å²) in [5.41, 5.74) is 1.25. The van der Waals surface area contributed by atoms with Gasteiger partial charge in [-0.1, -0.05) is 38.0 Å². The summed E-state index contributed by atoms with van der Waals surface area (Å²) in [6.45, 7) is 2.14. The Balaban J connectivity index is 1.45. The zero-order chi connectivity index (χ0) is 22.7. The minimum absolute atomic E-state index is 0.0308. The SMILES string of the molecule is CCCC1CCC(c2ccc(C(=O)Oc3ccc4c(F)c(C#N)ccc4c3)cc2)C(F)C1. The van der Waals surface area contributed by atoms with Gasteiger partial charge in [-0.25, -0.2) is 13.6 Å². The van der Waals surface area contributed by atoms with Crippen LogP contribution in [0.1, 0.15) is 66.4 Å². The first-order valence-electron chi connectivity index (χ1n) is 11.1. The molecule has 0 N–H and O–H groups in total. The van der Waals surface area contributed by atoms with Gasteiger partial charge in [0.05, 0.1) is 11.1 Å². The molecule has 0 aliphatic heterocycles. The summed E-state index contributed by atoms with van der Waals surface area (Å²) < 4.78 is 34.4. The van der Waals surface area contributed by atoms with E-state index in [1.165, 1.54) is 18.2 Å². The van der Waals surface area contributed by atoms with Crippen LogP contribution in [-0.4, -0.2) is 12.1 Å². The van der Waals surface area contributed by atoms with Crippen molar-refractivity contribution in [2.24, 2.45) is 5.92 Å². The van der Waals surface area contributed by atoms with Crippen molar-refractivity contribution in [1.29, 1.82) is 5.26 Å². The predicted molar refractivity (Wildman–Crippen MR) is 120 cm³/mol. The first kappa shape index (κ1) is 22.0. The van der Waals surface area contributed by atoms with Gasteiger partial charge >= 0.3 is 5.97 Å². The summed E-state index contributed by atoms with van der Waals surface area (Å²) in [4.78, 5) is 12.6. The molecule has 164 valence electrons. The van der Waals surface area contributed by atoms with Crippen molar-refractivity contribution in [3.05, 3.63) is 77.1 Å². The number of alkyl halides is 1. The number of rotatable bonds is 5. The average Bonchev–Trinajstić information content (AvgIpc) is 2.80. The van der Waals surface area contributed by atoms with Crippen LogP contribution in [0.2, 0.25) is 0 Å². The molecule has 1 fully saturated rings. The largest absolute Gasteiger partial charge is 0.423 e. The fraction of sp³-hybridized carbons (Fsp3) is 0.333. The van der Waals surface area contributed by atoms with E-state index in [4.69, 9.17) is 10.00 Å². The highest BCUT2D eigenvalue weighted by Gasteiger charge is 2.31. The molecule has 0 aromatic heterocycles. The Kier molecular flexibility index (Phi) is 6.50. The summed E-state index contributed by atoms with van der Waals surface area (Å²) in [5.74, 6) is -0.486. The highest BCUT2D eigenvalue weighted by molar-refractivity contribution is 5.92. The maximum Gasteiger partial charge on any atom is 0.343 e. The lowest BCUT2D eigenvalue weighted by atomic mass is 9.76. The molecule has 0 heterocycles. The smallest absolute Gasteiger partial charge is 0.343 e. The van der Waals surface area contributed by atoms with Gasteiger partial charge in [-0.15, -0.1) is 0 Å². The third kappa shape index (κ3) is 4.50. The zero-order valence-corrected chi connectivity index (χ0v) is 18.0. The number of halogens is 2. The van der Waals surface area contributed by atoms with Crippen molar-refractivity contribution in [2.75, 3.05) is 0 Å². The van der Waals surface area contributed by atoms with Gasteiger partial charge in [0, 0.05) is 11.3 Å². The molecular weight excluding hydrogens is 408 g/mol. The highest BCUT2D eigenvalue weighted by Crippen LogP contribution is 2.39.